The highest BCUT2D eigenvalue weighted by atomic mass is 16.5. The minimum atomic E-state index is -0.0414. The van der Waals surface area contributed by atoms with Crippen molar-refractivity contribution in [3.05, 3.63) is 48.3 Å². The van der Waals surface area contributed by atoms with E-state index in [1.54, 1.807) is 6.20 Å². The van der Waals surface area contributed by atoms with E-state index < -0.39 is 0 Å². The minimum absolute atomic E-state index is 0.0414. The van der Waals surface area contributed by atoms with Crippen LogP contribution in [0.3, 0.4) is 0 Å². The van der Waals surface area contributed by atoms with E-state index in [0.29, 0.717) is 25.5 Å². The average Bonchev–Trinajstić information content (AvgIpc) is 2.94. The number of nitrogens with one attached hydrogen (secondary N) is 2. The normalized spacial score (nSPS) is 19.9. The van der Waals surface area contributed by atoms with Crippen molar-refractivity contribution in [2.45, 2.75) is 12.5 Å². The summed E-state index contributed by atoms with van der Waals surface area (Å²) in [6, 6.07) is 9.65. The van der Waals surface area contributed by atoms with Gasteiger partial charge in [-0.2, -0.15) is 0 Å². The predicted octanol–water partition coefficient (Wildman–Crippen LogP) is 1.83. The molecule has 2 N–H and O–H groups in total. The number of fused-ring (bicyclic) bond motifs is 1. The summed E-state index contributed by atoms with van der Waals surface area (Å²) in [6.45, 7) is 4.09. The number of carbonyl (C=O) groups is 1. The van der Waals surface area contributed by atoms with Gasteiger partial charge in [-0.15, -0.1) is 0 Å². The van der Waals surface area contributed by atoms with E-state index in [2.05, 4.69) is 26.6 Å². The number of nitrogens with zero attached hydrogens (tertiary/aromatic N) is 2. The van der Waals surface area contributed by atoms with Gasteiger partial charge in [-0.3, -0.25) is 14.7 Å². The summed E-state index contributed by atoms with van der Waals surface area (Å²) in [5.41, 5.74) is 1.84. The lowest BCUT2D eigenvalue weighted by molar-refractivity contribution is -0.118. The zero-order chi connectivity index (χ0) is 18.5. The molecule has 2 aliphatic heterocycles. The Hall–Kier alpha value is -2.64. The van der Waals surface area contributed by atoms with E-state index in [1.165, 1.54) is 0 Å². The average molecular weight is 368 g/mol. The molecule has 0 radical (unpaired) electrons. The lowest BCUT2D eigenvalue weighted by Crippen LogP contribution is -2.48. The standard InChI is InChI=1S/C20H24N4O3/c25-20(23-16-4-5-18-19(11-16)27-10-2-9-26-18)14-24-8-7-22-13-17(24)15-3-1-6-21-12-15/h1,3-6,11-12,17,22H,2,7-10,13-14H2,(H,23,25). The van der Waals surface area contributed by atoms with Crippen LogP contribution < -0.4 is 20.1 Å². The molecule has 7 heteroatoms. The molecule has 3 heterocycles. The van der Waals surface area contributed by atoms with Crippen LogP contribution in [0.2, 0.25) is 0 Å². The van der Waals surface area contributed by atoms with Gasteiger partial charge in [-0.05, 0) is 23.8 Å². The Morgan fingerprint density at radius 1 is 1.26 bits per heavy atom. The van der Waals surface area contributed by atoms with Crippen LogP contribution in [0.5, 0.6) is 11.5 Å². The van der Waals surface area contributed by atoms with Gasteiger partial charge in [0.05, 0.1) is 19.8 Å². The molecule has 27 heavy (non-hydrogen) atoms. The Morgan fingerprint density at radius 3 is 3.00 bits per heavy atom. The summed E-state index contributed by atoms with van der Waals surface area (Å²) in [7, 11) is 0. The summed E-state index contributed by atoms with van der Waals surface area (Å²) in [5, 5.41) is 6.37. The summed E-state index contributed by atoms with van der Waals surface area (Å²) in [6.07, 6.45) is 4.49. The molecule has 1 fully saturated rings. The maximum atomic E-state index is 12.6. The molecule has 1 saturated heterocycles. The number of pyridine rings is 1. The minimum Gasteiger partial charge on any atom is -0.490 e. The van der Waals surface area contributed by atoms with Gasteiger partial charge in [0.2, 0.25) is 5.91 Å². The Morgan fingerprint density at radius 2 is 2.15 bits per heavy atom. The van der Waals surface area contributed by atoms with Gasteiger partial charge in [0.1, 0.15) is 0 Å². The van der Waals surface area contributed by atoms with Gasteiger partial charge in [0, 0.05) is 56.2 Å². The molecule has 142 valence electrons. The highest BCUT2D eigenvalue weighted by Gasteiger charge is 2.25. The van der Waals surface area contributed by atoms with Crippen molar-refractivity contribution < 1.29 is 14.3 Å². The lowest BCUT2D eigenvalue weighted by atomic mass is 10.1. The molecule has 0 spiro atoms. The van der Waals surface area contributed by atoms with Crippen molar-refractivity contribution in [3.8, 4) is 11.5 Å². The monoisotopic (exact) mass is 368 g/mol. The summed E-state index contributed by atoms with van der Waals surface area (Å²) < 4.78 is 11.3. The zero-order valence-corrected chi connectivity index (χ0v) is 15.2. The first-order chi connectivity index (χ1) is 13.3. The number of hydrogen-bond donors (Lipinski definition) is 2. The van der Waals surface area contributed by atoms with Crippen molar-refractivity contribution in [2.24, 2.45) is 0 Å². The van der Waals surface area contributed by atoms with E-state index in [9.17, 15) is 4.79 Å². The molecule has 0 bridgehead atoms. The van der Waals surface area contributed by atoms with Crippen LogP contribution in [0.4, 0.5) is 5.69 Å². The van der Waals surface area contributed by atoms with Crippen LogP contribution in [0.15, 0.2) is 42.7 Å². The fourth-order valence-electron chi connectivity index (χ4n) is 3.46. The Balaban J connectivity index is 1.41. The molecular weight excluding hydrogens is 344 g/mol. The van der Waals surface area contributed by atoms with Gasteiger partial charge < -0.3 is 20.1 Å². The Labute approximate surface area is 158 Å². The second-order valence-electron chi connectivity index (χ2n) is 6.74. The zero-order valence-electron chi connectivity index (χ0n) is 15.2. The first-order valence-electron chi connectivity index (χ1n) is 9.34. The molecular formula is C20H24N4O3. The SMILES string of the molecule is O=C(CN1CCNCC1c1cccnc1)Nc1ccc2c(c1)OCCCO2. The van der Waals surface area contributed by atoms with Crippen LogP contribution >= 0.6 is 0 Å². The summed E-state index contributed by atoms with van der Waals surface area (Å²) >= 11 is 0. The number of aromatic nitrogens is 1. The quantitative estimate of drug-likeness (QED) is 0.858. The number of amides is 1. The largest absolute Gasteiger partial charge is 0.490 e. The maximum absolute atomic E-state index is 12.6. The third kappa shape index (κ3) is 4.37. The Kier molecular flexibility index (Phi) is 5.50. The number of ether oxygens (including phenoxy) is 2. The fraction of sp³-hybridized carbons (Fsp3) is 0.400. The maximum Gasteiger partial charge on any atom is 0.238 e. The molecule has 1 aromatic heterocycles. The summed E-state index contributed by atoms with van der Waals surface area (Å²) in [4.78, 5) is 19.0. The number of piperazine rings is 1. The van der Waals surface area contributed by atoms with E-state index in [1.807, 2.05) is 30.5 Å². The highest BCUT2D eigenvalue weighted by Crippen LogP contribution is 2.32. The number of carbonyl (C=O) groups excluding carboxylic acids is 1. The third-order valence-electron chi connectivity index (χ3n) is 4.80. The summed E-state index contributed by atoms with van der Waals surface area (Å²) in [5.74, 6) is 1.37. The molecule has 2 aromatic rings. The molecule has 7 nitrogen and oxygen atoms in total. The van der Waals surface area contributed by atoms with Gasteiger partial charge in [0.15, 0.2) is 11.5 Å². The van der Waals surface area contributed by atoms with Crippen molar-refractivity contribution in [3.63, 3.8) is 0 Å². The first kappa shape index (κ1) is 17.8. The molecule has 1 amide bonds. The van der Waals surface area contributed by atoms with Crippen LogP contribution in [0.25, 0.3) is 0 Å². The van der Waals surface area contributed by atoms with Crippen LogP contribution in [0.1, 0.15) is 18.0 Å². The topological polar surface area (TPSA) is 75.7 Å². The lowest BCUT2D eigenvalue weighted by Gasteiger charge is -2.35. The number of anilines is 1. The molecule has 1 unspecified atom stereocenters. The van der Waals surface area contributed by atoms with Gasteiger partial charge in [0.25, 0.3) is 0 Å². The van der Waals surface area contributed by atoms with Gasteiger partial charge in [-0.25, -0.2) is 0 Å². The van der Waals surface area contributed by atoms with Crippen molar-refractivity contribution >= 4 is 11.6 Å². The first-order valence-corrected chi connectivity index (χ1v) is 9.34. The molecule has 2 aliphatic rings. The Bertz CT molecular complexity index is 784. The third-order valence-corrected chi connectivity index (χ3v) is 4.80. The van der Waals surface area contributed by atoms with Crippen LogP contribution in [-0.2, 0) is 4.79 Å². The van der Waals surface area contributed by atoms with E-state index >= 15 is 0 Å². The molecule has 4 rings (SSSR count). The fourth-order valence-corrected chi connectivity index (χ4v) is 3.46. The van der Waals surface area contributed by atoms with E-state index in [-0.39, 0.29) is 11.9 Å². The number of benzene rings is 1. The molecule has 1 aromatic carbocycles. The van der Waals surface area contributed by atoms with Crippen molar-refractivity contribution in [2.75, 3.05) is 44.7 Å². The van der Waals surface area contributed by atoms with Gasteiger partial charge in [-0.1, -0.05) is 6.07 Å². The van der Waals surface area contributed by atoms with Gasteiger partial charge >= 0.3 is 0 Å². The smallest absolute Gasteiger partial charge is 0.238 e. The van der Waals surface area contributed by atoms with Crippen LogP contribution in [-0.4, -0.2) is 55.2 Å². The van der Waals surface area contributed by atoms with Crippen molar-refractivity contribution in [1.82, 2.24) is 15.2 Å². The van der Waals surface area contributed by atoms with Crippen LogP contribution in [0, 0.1) is 0 Å². The predicted molar refractivity (Wildman–Crippen MR) is 102 cm³/mol. The highest BCUT2D eigenvalue weighted by molar-refractivity contribution is 5.92. The number of rotatable bonds is 4. The molecule has 0 aliphatic carbocycles. The van der Waals surface area contributed by atoms with Crippen molar-refractivity contribution in [1.29, 1.82) is 0 Å². The second-order valence-corrected chi connectivity index (χ2v) is 6.74. The second kappa shape index (κ2) is 8.37. The molecule has 1 atom stereocenters. The van der Waals surface area contributed by atoms with E-state index in [4.69, 9.17) is 9.47 Å². The molecule has 0 saturated carbocycles. The van der Waals surface area contributed by atoms with E-state index in [0.717, 1.165) is 43.1 Å². The number of hydrogen-bond acceptors (Lipinski definition) is 6.